The standard InChI is InChI=1S/C15H22F2O7S/c1-22-9-24-14-5-10-2-11(6-14)4-13(3-10,7-14)8-23-12(18)15(16,17)25(19,20)21/h10-11H,2-9H2,1H3,(H,19,20,21). The lowest BCUT2D eigenvalue weighted by Gasteiger charge is -2.61. The molecule has 0 aromatic rings. The van der Waals surface area contributed by atoms with E-state index >= 15 is 0 Å². The summed E-state index contributed by atoms with van der Waals surface area (Å²) < 4.78 is 72.1. The molecule has 0 amide bonds. The number of carbonyl (C=O) groups is 1. The van der Waals surface area contributed by atoms with Gasteiger partial charge in [0, 0.05) is 12.5 Å². The number of halogens is 2. The molecule has 10 heteroatoms. The van der Waals surface area contributed by atoms with Gasteiger partial charge in [-0.15, -0.1) is 0 Å². The molecular weight excluding hydrogens is 362 g/mol. The fourth-order valence-corrected chi connectivity index (χ4v) is 5.56. The first kappa shape index (κ1) is 18.9. The summed E-state index contributed by atoms with van der Waals surface area (Å²) in [6.45, 7) is -0.168. The van der Waals surface area contributed by atoms with E-state index in [1.54, 1.807) is 0 Å². The third kappa shape index (κ3) is 3.41. The summed E-state index contributed by atoms with van der Waals surface area (Å²) in [7, 11) is -4.33. The van der Waals surface area contributed by atoms with Crippen molar-refractivity contribution in [2.75, 3.05) is 20.5 Å². The second-order valence-electron chi connectivity index (χ2n) is 7.76. The Balaban J connectivity index is 1.71. The second-order valence-corrected chi connectivity index (χ2v) is 9.23. The van der Waals surface area contributed by atoms with E-state index in [1.807, 2.05) is 0 Å². The number of hydrogen-bond donors (Lipinski definition) is 1. The zero-order chi connectivity index (χ0) is 18.5. The molecule has 4 rings (SSSR count). The van der Waals surface area contributed by atoms with E-state index in [2.05, 4.69) is 4.74 Å². The molecule has 144 valence electrons. The van der Waals surface area contributed by atoms with Crippen molar-refractivity contribution in [1.29, 1.82) is 0 Å². The van der Waals surface area contributed by atoms with Crippen LogP contribution in [-0.2, 0) is 29.1 Å². The van der Waals surface area contributed by atoms with E-state index in [4.69, 9.17) is 14.0 Å². The number of alkyl halides is 2. The van der Waals surface area contributed by atoms with Crippen molar-refractivity contribution in [2.24, 2.45) is 17.3 Å². The highest BCUT2D eigenvalue weighted by Gasteiger charge is 2.60. The van der Waals surface area contributed by atoms with Crippen LogP contribution in [0.3, 0.4) is 0 Å². The fourth-order valence-electron chi connectivity index (χ4n) is 5.29. The SMILES string of the molecule is COCOC12CC3CC(CC(COC(=O)C(F)(F)S(=O)(=O)O)(C3)C1)C2. The highest BCUT2D eigenvalue weighted by molar-refractivity contribution is 7.87. The lowest BCUT2D eigenvalue weighted by Crippen LogP contribution is -2.58. The third-order valence-corrected chi connectivity index (χ3v) is 6.50. The Morgan fingerprint density at radius 1 is 1.24 bits per heavy atom. The molecule has 4 aliphatic carbocycles. The maximum atomic E-state index is 13.4. The molecular formula is C15H22F2O7S. The molecule has 0 aromatic carbocycles. The number of rotatable bonds is 7. The molecule has 0 spiro atoms. The molecule has 0 heterocycles. The van der Waals surface area contributed by atoms with Crippen molar-refractivity contribution in [2.45, 2.75) is 49.4 Å². The summed E-state index contributed by atoms with van der Waals surface area (Å²) in [5.74, 6) is -1.52. The Labute approximate surface area is 144 Å². The molecule has 4 saturated carbocycles. The fraction of sp³-hybridized carbons (Fsp3) is 0.933. The van der Waals surface area contributed by atoms with Gasteiger partial charge < -0.3 is 14.2 Å². The smallest absolute Gasteiger partial charge is 0.460 e. The van der Waals surface area contributed by atoms with Crippen LogP contribution in [0.1, 0.15) is 38.5 Å². The van der Waals surface area contributed by atoms with Gasteiger partial charge in [-0.2, -0.15) is 17.2 Å². The monoisotopic (exact) mass is 384 g/mol. The number of hydrogen-bond acceptors (Lipinski definition) is 6. The summed E-state index contributed by atoms with van der Waals surface area (Å²) in [5.41, 5.74) is -0.902. The van der Waals surface area contributed by atoms with Crippen molar-refractivity contribution in [3.05, 3.63) is 0 Å². The molecule has 7 nitrogen and oxygen atoms in total. The van der Waals surface area contributed by atoms with Gasteiger partial charge in [-0.3, -0.25) is 4.55 Å². The zero-order valence-corrected chi connectivity index (χ0v) is 14.7. The van der Waals surface area contributed by atoms with Gasteiger partial charge in [0.2, 0.25) is 0 Å². The summed E-state index contributed by atoms with van der Waals surface area (Å²) in [5, 5.41) is -4.96. The van der Waals surface area contributed by atoms with Gasteiger partial charge in [0.05, 0.1) is 12.2 Å². The summed E-state index contributed by atoms with van der Waals surface area (Å²) in [4.78, 5) is 11.5. The Morgan fingerprint density at radius 2 is 1.84 bits per heavy atom. The summed E-state index contributed by atoms with van der Waals surface area (Å²) in [6.07, 6.45) is 4.78. The van der Waals surface area contributed by atoms with Gasteiger partial charge in [0.25, 0.3) is 0 Å². The summed E-state index contributed by atoms with van der Waals surface area (Å²) >= 11 is 0. The minimum atomic E-state index is -5.85. The van der Waals surface area contributed by atoms with Crippen LogP contribution in [0.25, 0.3) is 0 Å². The number of methoxy groups -OCH3 is 1. The first-order chi connectivity index (χ1) is 11.5. The number of esters is 1. The second kappa shape index (κ2) is 6.11. The van der Waals surface area contributed by atoms with Crippen molar-refractivity contribution >= 4 is 16.1 Å². The average Bonchev–Trinajstić information content (AvgIpc) is 2.48. The van der Waals surface area contributed by atoms with Gasteiger partial charge >= 0.3 is 21.3 Å². The topological polar surface area (TPSA) is 99.1 Å². The van der Waals surface area contributed by atoms with Gasteiger partial charge in [0.1, 0.15) is 6.79 Å². The van der Waals surface area contributed by atoms with Gasteiger partial charge in [-0.05, 0) is 50.4 Å². The van der Waals surface area contributed by atoms with Gasteiger partial charge in [0.15, 0.2) is 0 Å². The van der Waals surface area contributed by atoms with Crippen LogP contribution in [0.2, 0.25) is 0 Å². The van der Waals surface area contributed by atoms with E-state index in [-0.39, 0.29) is 13.4 Å². The normalized spacial score (nSPS) is 37.3. The maximum Gasteiger partial charge on any atom is 0.465 e. The number of carbonyl (C=O) groups excluding carboxylic acids is 1. The van der Waals surface area contributed by atoms with E-state index in [0.717, 1.165) is 32.1 Å². The molecule has 1 N–H and O–H groups in total. The van der Waals surface area contributed by atoms with Crippen LogP contribution < -0.4 is 0 Å². The van der Waals surface area contributed by atoms with Crippen LogP contribution in [0.5, 0.6) is 0 Å². The maximum absolute atomic E-state index is 13.4. The predicted molar refractivity (Wildman–Crippen MR) is 80.3 cm³/mol. The third-order valence-electron chi connectivity index (χ3n) is 5.68. The van der Waals surface area contributed by atoms with Crippen molar-refractivity contribution in [3.8, 4) is 0 Å². The Kier molecular flexibility index (Phi) is 4.62. The first-order valence-corrected chi connectivity index (χ1v) is 9.60. The largest absolute Gasteiger partial charge is 0.465 e. The van der Waals surface area contributed by atoms with Gasteiger partial charge in [-0.1, -0.05) is 0 Å². The first-order valence-electron chi connectivity index (χ1n) is 8.16. The Morgan fingerprint density at radius 3 is 2.36 bits per heavy atom. The van der Waals surface area contributed by atoms with E-state index < -0.39 is 32.4 Å². The van der Waals surface area contributed by atoms with Gasteiger partial charge in [-0.25, -0.2) is 4.79 Å². The Hall–Kier alpha value is -0.840. The molecule has 2 atom stereocenters. The van der Waals surface area contributed by atoms with Crippen molar-refractivity contribution in [1.82, 2.24) is 0 Å². The quantitative estimate of drug-likeness (QED) is 0.407. The van der Waals surface area contributed by atoms with Crippen LogP contribution in [0.4, 0.5) is 8.78 Å². The molecule has 0 aliphatic heterocycles. The molecule has 0 saturated heterocycles. The zero-order valence-electron chi connectivity index (χ0n) is 13.9. The molecule has 2 unspecified atom stereocenters. The van der Waals surface area contributed by atoms with Crippen LogP contribution in [0, 0.1) is 17.3 Å². The molecule has 4 aliphatic rings. The molecule has 4 bridgehead atoms. The lowest BCUT2D eigenvalue weighted by atomic mass is 9.48. The minimum absolute atomic E-state index is 0.135. The van der Waals surface area contributed by atoms with Crippen molar-refractivity contribution < 1.29 is 40.8 Å². The highest BCUT2D eigenvalue weighted by atomic mass is 32.2. The lowest BCUT2D eigenvalue weighted by molar-refractivity contribution is -0.234. The van der Waals surface area contributed by atoms with Crippen LogP contribution >= 0.6 is 0 Å². The molecule has 0 aromatic heterocycles. The summed E-state index contributed by atoms with van der Waals surface area (Å²) in [6, 6.07) is 0. The van der Waals surface area contributed by atoms with Crippen LogP contribution in [-0.4, -0.2) is 50.3 Å². The highest BCUT2D eigenvalue weighted by Crippen LogP contribution is 2.62. The van der Waals surface area contributed by atoms with E-state index in [9.17, 15) is 22.0 Å². The van der Waals surface area contributed by atoms with E-state index in [0.29, 0.717) is 18.3 Å². The average molecular weight is 384 g/mol. The molecule has 25 heavy (non-hydrogen) atoms. The van der Waals surface area contributed by atoms with Crippen LogP contribution in [0.15, 0.2) is 0 Å². The predicted octanol–water partition coefficient (Wildman–Crippen LogP) is 1.97. The molecule has 4 fully saturated rings. The minimum Gasteiger partial charge on any atom is -0.460 e. The van der Waals surface area contributed by atoms with Crippen molar-refractivity contribution in [3.63, 3.8) is 0 Å². The van der Waals surface area contributed by atoms with E-state index in [1.165, 1.54) is 7.11 Å². The Bertz CT molecular complexity index is 634. The number of ether oxygens (including phenoxy) is 3. The molecule has 0 radical (unpaired) electrons.